The maximum absolute atomic E-state index is 6.74. The van der Waals surface area contributed by atoms with Crippen molar-refractivity contribution in [1.82, 2.24) is 19.5 Å². The minimum atomic E-state index is 0.560. The second-order valence-corrected chi connectivity index (χ2v) is 12.4. The van der Waals surface area contributed by atoms with Crippen LogP contribution in [0.25, 0.3) is 105 Å². The lowest BCUT2D eigenvalue weighted by Gasteiger charge is -2.13. The second-order valence-electron chi connectivity index (χ2n) is 12.4. The monoisotopic (exact) mass is 612 g/mol. The van der Waals surface area contributed by atoms with Crippen molar-refractivity contribution in [3.05, 3.63) is 146 Å². The first kappa shape index (κ1) is 25.6. The number of hydrogen-bond acceptors (Lipinski definition) is 4. The first-order chi connectivity index (χ1) is 23.8. The summed E-state index contributed by atoms with van der Waals surface area (Å²) < 4.78 is 8.92. The first-order valence-electron chi connectivity index (χ1n) is 16.1. The third kappa shape index (κ3) is 3.42. The zero-order valence-electron chi connectivity index (χ0n) is 25.6. The predicted molar refractivity (Wildman–Crippen MR) is 194 cm³/mol. The predicted octanol–water partition coefficient (Wildman–Crippen LogP) is 11.0. The van der Waals surface area contributed by atoms with Crippen LogP contribution in [0.15, 0.2) is 150 Å². The molecule has 0 unspecified atom stereocenters. The molecule has 11 rings (SSSR count). The molecule has 0 bridgehead atoms. The van der Waals surface area contributed by atoms with Crippen molar-refractivity contribution in [1.29, 1.82) is 0 Å². The summed E-state index contributed by atoms with van der Waals surface area (Å²) in [6, 6.07) is 50.7. The highest BCUT2D eigenvalue weighted by Crippen LogP contribution is 2.53. The van der Waals surface area contributed by atoms with Gasteiger partial charge in [-0.15, -0.1) is 0 Å². The summed E-state index contributed by atoms with van der Waals surface area (Å²) in [5.41, 5.74) is 10.4. The van der Waals surface area contributed by atoms with Crippen molar-refractivity contribution in [2.75, 3.05) is 0 Å². The Morgan fingerprint density at radius 3 is 1.79 bits per heavy atom. The summed E-state index contributed by atoms with van der Waals surface area (Å²) >= 11 is 0. The van der Waals surface area contributed by atoms with Crippen LogP contribution in [-0.2, 0) is 0 Å². The number of furan rings is 1. The number of aromatic nitrogens is 4. The summed E-state index contributed by atoms with van der Waals surface area (Å²) in [4.78, 5) is 15.3. The van der Waals surface area contributed by atoms with Gasteiger partial charge in [0.25, 0.3) is 0 Å². The molecule has 0 saturated heterocycles. The van der Waals surface area contributed by atoms with Crippen LogP contribution in [0.2, 0.25) is 0 Å². The summed E-state index contributed by atoms with van der Waals surface area (Å²) in [7, 11) is 0. The number of para-hydroxylation sites is 1. The first-order valence-corrected chi connectivity index (χ1v) is 16.1. The Balaban J connectivity index is 1.34. The molecule has 222 valence electrons. The van der Waals surface area contributed by atoms with Crippen LogP contribution in [-0.4, -0.2) is 19.5 Å². The van der Waals surface area contributed by atoms with Gasteiger partial charge in [-0.05, 0) is 39.6 Å². The molecule has 0 spiro atoms. The van der Waals surface area contributed by atoms with E-state index in [0.717, 1.165) is 54.9 Å². The fourth-order valence-electron chi connectivity index (χ4n) is 7.81. The Morgan fingerprint density at radius 1 is 0.438 bits per heavy atom. The van der Waals surface area contributed by atoms with E-state index in [9.17, 15) is 0 Å². The molecule has 1 aliphatic rings. The van der Waals surface area contributed by atoms with Gasteiger partial charge in [-0.2, -0.15) is 9.97 Å². The smallest absolute Gasteiger partial charge is 0.238 e. The van der Waals surface area contributed by atoms with Crippen LogP contribution in [0, 0.1) is 0 Å². The Labute approximate surface area is 274 Å². The number of nitrogens with zero attached hydrogens (tertiary/aromatic N) is 4. The summed E-state index contributed by atoms with van der Waals surface area (Å²) in [5, 5.41) is 7.06. The van der Waals surface area contributed by atoms with Crippen LogP contribution in [0.4, 0.5) is 0 Å². The van der Waals surface area contributed by atoms with Crippen molar-refractivity contribution < 1.29 is 4.42 Å². The van der Waals surface area contributed by atoms with Gasteiger partial charge >= 0.3 is 0 Å². The average molecular weight is 613 g/mol. The zero-order chi connectivity index (χ0) is 31.3. The summed E-state index contributed by atoms with van der Waals surface area (Å²) in [6.07, 6.45) is 0. The lowest BCUT2D eigenvalue weighted by atomic mass is 9.91. The maximum atomic E-state index is 6.74. The normalized spacial score (nSPS) is 12.2. The van der Waals surface area contributed by atoms with Crippen LogP contribution in [0.3, 0.4) is 0 Å². The van der Waals surface area contributed by atoms with E-state index in [1.165, 1.54) is 33.0 Å². The molecular formula is C43H24N4O. The third-order valence-corrected chi connectivity index (χ3v) is 9.77. The highest BCUT2D eigenvalue weighted by Gasteiger charge is 2.28. The number of benzene rings is 7. The Morgan fingerprint density at radius 2 is 1.06 bits per heavy atom. The van der Waals surface area contributed by atoms with Gasteiger partial charge in [0.15, 0.2) is 11.6 Å². The average Bonchev–Trinajstić information content (AvgIpc) is 3.65. The fourth-order valence-corrected chi connectivity index (χ4v) is 7.81. The molecule has 48 heavy (non-hydrogen) atoms. The molecule has 1 aliphatic carbocycles. The van der Waals surface area contributed by atoms with Gasteiger partial charge in [-0.25, -0.2) is 4.98 Å². The van der Waals surface area contributed by atoms with E-state index in [4.69, 9.17) is 19.4 Å². The van der Waals surface area contributed by atoms with E-state index in [2.05, 4.69) is 89.5 Å². The molecule has 0 atom stereocenters. The van der Waals surface area contributed by atoms with Crippen molar-refractivity contribution in [2.45, 2.75) is 0 Å². The molecule has 7 aromatic carbocycles. The third-order valence-electron chi connectivity index (χ3n) is 9.77. The Bertz CT molecular complexity index is 2880. The van der Waals surface area contributed by atoms with Gasteiger partial charge in [0.05, 0.1) is 11.0 Å². The largest absolute Gasteiger partial charge is 0.456 e. The molecule has 0 saturated carbocycles. The van der Waals surface area contributed by atoms with Gasteiger partial charge in [-0.3, -0.25) is 4.57 Å². The fraction of sp³-hybridized carbons (Fsp3) is 0. The van der Waals surface area contributed by atoms with Crippen LogP contribution < -0.4 is 0 Å². The van der Waals surface area contributed by atoms with Crippen molar-refractivity contribution in [2.24, 2.45) is 0 Å². The maximum Gasteiger partial charge on any atom is 0.238 e. The summed E-state index contributed by atoms with van der Waals surface area (Å²) in [6.45, 7) is 0. The number of fused-ring (bicyclic) bond motifs is 6. The highest BCUT2D eigenvalue weighted by molar-refractivity contribution is 6.33. The Kier molecular flexibility index (Phi) is 5.05. The Hall–Kier alpha value is -6.59. The standard InChI is InChI=1S/C43H24N4O/c1-3-12-26(13-4-1)41-44-42(27-14-5-2-6-15-27)46-43(45-41)47-32-22-8-7-18-30(32)37-33(47)24-35-40-38-29(20-11-23-34(38)48-35)28-19-9-16-25-17-10-21-31(36(25)28)39(37)40/h1-24H. The lowest BCUT2D eigenvalue weighted by Crippen LogP contribution is -2.06. The summed E-state index contributed by atoms with van der Waals surface area (Å²) in [5.74, 6) is 1.80. The van der Waals surface area contributed by atoms with Crippen LogP contribution in [0.1, 0.15) is 0 Å². The second kappa shape index (κ2) is 9.47. The van der Waals surface area contributed by atoms with Crippen molar-refractivity contribution in [3.63, 3.8) is 0 Å². The van der Waals surface area contributed by atoms with E-state index < -0.39 is 0 Å². The molecule has 3 aromatic heterocycles. The quantitative estimate of drug-likeness (QED) is 0.199. The molecule has 0 radical (unpaired) electrons. The molecule has 0 fully saturated rings. The minimum absolute atomic E-state index is 0.560. The van der Waals surface area contributed by atoms with E-state index in [0.29, 0.717) is 17.6 Å². The molecule has 0 N–H and O–H groups in total. The van der Waals surface area contributed by atoms with E-state index in [1.807, 2.05) is 60.7 Å². The highest BCUT2D eigenvalue weighted by atomic mass is 16.3. The van der Waals surface area contributed by atoms with Gasteiger partial charge in [0, 0.05) is 44.3 Å². The van der Waals surface area contributed by atoms with Gasteiger partial charge < -0.3 is 4.42 Å². The minimum Gasteiger partial charge on any atom is -0.456 e. The molecule has 5 heteroatoms. The van der Waals surface area contributed by atoms with E-state index >= 15 is 0 Å². The van der Waals surface area contributed by atoms with Crippen LogP contribution in [0.5, 0.6) is 0 Å². The number of rotatable bonds is 3. The molecule has 0 amide bonds. The van der Waals surface area contributed by atoms with Crippen molar-refractivity contribution in [3.8, 4) is 51.0 Å². The molecule has 10 aromatic rings. The number of hydrogen-bond donors (Lipinski definition) is 0. The van der Waals surface area contributed by atoms with Gasteiger partial charge in [0.1, 0.15) is 11.2 Å². The molecular weight excluding hydrogens is 589 g/mol. The van der Waals surface area contributed by atoms with Gasteiger partial charge in [0.2, 0.25) is 5.95 Å². The SMILES string of the molecule is c1ccc(-c2nc(-c3ccccc3)nc(-n3c4ccccc4c4c5c6c(cc43)oc3cccc(c36)-c3cccc4cccc-5c34)n2)cc1. The van der Waals surface area contributed by atoms with E-state index in [-0.39, 0.29) is 0 Å². The van der Waals surface area contributed by atoms with Crippen molar-refractivity contribution >= 4 is 54.5 Å². The molecule has 3 heterocycles. The van der Waals surface area contributed by atoms with Gasteiger partial charge in [-0.1, -0.05) is 127 Å². The van der Waals surface area contributed by atoms with E-state index in [1.54, 1.807) is 0 Å². The van der Waals surface area contributed by atoms with Crippen LogP contribution >= 0.6 is 0 Å². The molecule has 5 nitrogen and oxygen atoms in total. The zero-order valence-corrected chi connectivity index (χ0v) is 25.6. The molecule has 0 aliphatic heterocycles. The lowest BCUT2D eigenvalue weighted by molar-refractivity contribution is 0.669. The topological polar surface area (TPSA) is 56.7 Å².